The van der Waals surface area contributed by atoms with Gasteiger partial charge in [0, 0.05) is 0 Å². The summed E-state index contributed by atoms with van der Waals surface area (Å²) in [5, 5.41) is 0.0767. The first-order valence-electron chi connectivity index (χ1n) is 4.44. The molecule has 0 spiro atoms. The van der Waals surface area contributed by atoms with Crippen LogP contribution in [0.2, 0.25) is 0 Å². The fraction of sp³-hybridized carbons (Fsp3) is 0.600. The molecular formula is C10H15ClFNO2. The van der Waals surface area contributed by atoms with Gasteiger partial charge in [0.25, 0.3) is 0 Å². The molecule has 0 aromatic heterocycles. The summed E-state index contributed by atoms with van der Waals surface area (Å²) in [5.74, 6) is -1.54. The number of carbonyl (C=O) groups excluding carboxylic acids is 1. The second-order valence-corrected chi connectivity index (χ2v) is 4.54. The van der Waals surface area contributed by atoms with E-state index in [1.807, 2.05) is 0 Å². The molecule has 0 bridgehead atoms. The fourth-order valence-electron chi connectivity index (χ4n) is 0.744. The van der Waals surface area contributed by atoms with Crippen LogP contribution in [0.15, 0.2) is 16.5 Å². The van der Waals surface area contributed by atoms with Gasteiger partial charge in [0.05, 0.1) is 0 Å². The van der Waals surface area contributed by atoms with E-state index in [-0.39, 0.29) is 5.17 Å². The van der Waals surface area contributed by atoms with Gasteiger partial charge in [-0.3, -0.25) is 0 Å². The Labute approximate surface area is 94.0 Å². The number of allylic oxidation sites excluding steroid dienone is 1. The van der Waals surface area contributed by atoms with E-state index < -0.39 is 23.1 Å². The van der Waals surface area contributed by atoms with Crippen molar-refractivity contribution in [2.24, 2.45) is 4.99 Å². The molecule has 0 saturated heterocycles. The van der Waals surface area contributed by atoms with Crippen LogP contribution in [-0.2, 0) is 9.53 Å². The predicted octanol–water partition coefficient (Wildman–Crippen LogP) is 3.19. The molecular weight excluding hydrogens is 221 g/mol. The zero-order valence-electron chi connectivity index (χ0n) is 9.52. The molecule has 0 aliphatic heterocycles. The topological polar surface area (TPSA) is 38.7 Å². The Kier molecular flexibility index (Phi) is 4.94. The normalized spacial score (nSPS) is 14.7. The monoisotopic (exact) mass is 235 g/mol. The summed E-state index contributed by atoms with van der Waals surface area (Å²) in [4.78, 5) is 15.0. The highest BCUT2D eigenvalue weighted by molar-refractivity contribution is 6.65. The highest BCUT2D eigenvalue weighted by atomic mass is 35.5. The number of esters is 1. The van der Waals surface area contributed by atoms with E-state index in [0.29, 0.717) is 0 Å². The van der Waals surface area contributed by atoms with Crippen molar-refractivity contribution in [3.63, 3.8) is 0 Å². The van der Waals surface area contributed by atoms with Crippen LogP contribution in [0.4, 0.5) is 4.39 Å². The predicted molar refractivity (Wildman–Crippen MR) is 58.6 cm³/mol. The third-order valence-corrected chi connectivity index (χ3v) is 1.27. The molecule has 86 valence electrons. The van der Waals surface area contributed by atoms with Gasteiger partial charge in [-0.1, -0.05) is 11.6 Å². The Morgan fingerprint density at radius 2 is 1.80 bits per heavy atom. The molecule has 15 heavy (non-hydrogen) atoms. The molecule has 0 aromatic rings. The van der Waals surface area contributed by atoms with Crippen molar-refractivity contribution >= 4 is 22.7 Å². The number of rotatable bonds is 2. The van der Waals surface area contributed by atoms with Crippen molar-refractivity contribution in [3.8, 4) is 0 Å². The van der Waals surface area contributed by atoms with Gasteiger partial charge in [-0.2, -0.15) is 0 Å². The third-order valence-electron chi connectivity index (χ3n) is 1.18. The van der Waals surface area contributed by atoms with E-state index in [1.54, 1.807) is 20.8 Å². The van der Waals surface area contributed by atoms with Gasteiger partial charge in [0.1, 0.15) is 16.6 Å². The second-order valence-electron chi connectivity index (χ2n) is 3.99. The molecule has 0 radical (unpaired) electrons. The number of hydrogen-bond acceptors (Lipinski definition) is 3. The van der Waals surface area contributed by atoms with Crippen molar-refractivity contribution in [2.75, 3.05) is 0 Å². The SMILES string of the molecule is CC(Cl)=N/C(C(=O)OC(C)(C)C)=C(\C)F. The maximum atomic E-state index is 13.0. The molecule has 0 rings (SSSR count). The Hall–Kier alpha value is -0.900. The van der Waals surface area contributed by atoms with E-state index in [4.69, 9.17) is 16.3 Å². The quantitative estimate of drug-likeness (QED) is 0.419. The number of hydrogen-bond donors (Lipinski definition) is 0. The Bertz CT molecular complexity index is 308. The summed E-state index contributed by atoms with van der Waals surface area (Å²) in [6.07, 6.45) is 0. The summed E-state index contributed by atoms with van der Waals surface area (Å²) in [5.41, 5.74) is -1.08. The molecule has 0 heterocycles. The van der Waals surface area contributed by atoms with Gasteiger partial charge >= 0.3 is 5.97 Å². The smallest absolute Gasteiger partial charge is 0.360 e. The number of halogens is 2. The molecule has 5 heteroatoms. The Morgan fingerprint density at radius 1 is 1.33 bits per heavy atom. The molecule has 0 amide bonds. The lowest BCUT2D eigenvalue weighted by Crippen LogP contribution is -2.25. The van der Waals surface area contributed by atoms with E-state index >= 15 is 0 Å². The number of aliphatic imine (C=N–C) groups is 1. The summed E-state index contributed by atoms with van der Waals surface area (Å²) in [6, 6.07) is 0. The zero-order valence-corrected chi connectivity index (χ0v) is 10.3. The van der Waals surface area contributed by atoms with Crippen LogP contribution >= 0.6 is 11.6 Å². The average molecular weight is 236 g/mol. The highest BCUT2D eigenvalue weighted by Gasteiger charge is 2.21. The Balaban J connectivity index is 4.93. The van der Waals surface area contributed by atoms with Gasteiger partial charge in [-0.05, 0) is 34.6 Å². The average Bonchev–Trinajstić information content (AvgIpc) is 1.95. The molecule has 0 N–H and O–H groups in total. The van der Waals surface area contributed by atoms with Crippen molar-refractivity contribution in [3.05, 3.63) is 11.5 Å². The minimum atomic E-state index is -0.817. The maximum Gasteiger partial charge on any atom is 0.360 e. The summed E-state index contributed by atoms with van der Waals surface area (Å²) in [7, 11) is 0. The second kappa shape index (κ2) is 5.26. The van der Waals surface area contributed by atoms with Crippen molar-refractivity contribution in [1.29, 1.82) is 0 Å². The first-order valence-corrected chi connectivity index (χ1v) is 4.82. The standard InChI is InChI=1S/C10H15ClFNO2/c1-6(12)8(13-7(2)11)9(14)15-10(3,4)5/h1-5H3/b8-6+,13-7?. The van der Waals surface area contributed by atoms with Gasteiger partial charge in [0.15, 0.2) is 5.70 Å². The number of ether oxygens (including phenoxy) is 1. The number of carbonyl (C=O) groups is 1. The lowest BCUT2D eigenvalue weighted by Gasteiger charge is -2.19. The first kappa shape index (κ1) is 14.1. The van der Waals surface area contributed by atoms with Gasteiger partial charge in [-0.25, -0.2) is 14.2 Å². The zero-order chi connectivity index (χ0) is 12.2. The van der Waals surface area contributed by atoms with Crippen molar-refractivity contribution in [2.45, 2.75) is 40.2 Å². The summed E-state index contributed by atoms with van der Waals surface area (Å²) >= 11 is 5.47. The molecule has 0 aliphatic carbocycles. The third kappa shape index (κ3) is 6.23. The van der Waals surface area contributed by atoms with Gasteiger partial charge in [-0.15, -0.1) is 0 Å². The van der Waals surface area contributed by atoms with Crippen molar-refractivity contribution < 1.29 is 13.9 Å². The lowest BCUT2D eigenvalue weighted by molar-refractivity contribution is -0.150. The molecule has 0 aliphatic rings. The summed E-state index contributed by atoms with van der Waals surface area (Å²) < 4.78 is 17.9. The fourth-order valence-corrected chi connectivity index (χ4v) is 0.828. The first-order chi connectivity index (χ1) is 6.63. The maximum absolute atomic E-state index is 13.0. The molecule has 0 aromatic carbocycles. The van der Waals surface area contributed by atoms with Gasteiger partial charge in [0.2, 0.25) is 0 Å². The van der Waals surface area contributed by atoms with Crippen LogP contribution in [0.5, 0.6) is 0 Å². The highest BCUT2D eigenvalue weighted by Crippen LogP contribution is 2.16. The van der Waals surface area contributed by atoms with E-state index in [9.17, 15) is 9.18 Å². The lowest BCUT2D eigenvalue weighted by atomic mass is 10.2. The Morgan fingerprint density at radius 3 is 2.07 bits per heavy atom. The van der Waals surface area contributed by atoms with Crippen LogP contribution in [0.3, 0.4) is 0 Å². The van der Waals surface area contributed by atoms with E-state index in [2.05, 4.69) is 4.99 Å². The largest absolute Gasteiger partial charge is 0.455 e. The summed E-state index contributed by atoms with van der Waals surface area (Å²) in [6.45, 7) is 7.64. The van der Waals surface area contributed by atoms with Crippen LogP contribution in [0, 0.1) is 0 Å². The molecule has 0 unspecified atom stereocenters. The van der Waals surface area contributed by atoms with E-state index in [1.165, 1.54) is 6.92 Å². The number of nitrogens with zero attached hydrogens (tertiary/aromatic N) is 1. The van der Waals surface area contributed by atoms with Crippen LogP contribution in [0.1, 0.15) is 34.6 Å². The minimum absolute atomic E-state index is 0.0767. The molecule has 0 saturated carbocycles. The van der Waals surface area contributed by atoms with Gasteiger partial charge < -0.3 is 4.74 Å². The van der Waals surface area contributed by atoms with Crippen LogP contribution in [-0.4, -0.2) is 16.7 Å². The molecule has 0 fully saturated rings. The van der Waals surface area contributed by atoms with Crippen LogP contribution < -0.4 is 0 Å². The van der Waals surface area contributed by atoms with Crippen molar-refractivity contribution in [1.82, 2.24) is 0 Å². The minimum Gasteiger partial charge on any atom is -0.455 e. The van der Waals surface area contributed by atoms with Crippen LogP contribution in [0.25, 0.3) is 0 Å². The molecule has 3 nitrogen and oxygen atoms in total. The molecule has 0 atom stereocenters. The van der Waals surface area contributed by atoms with E-state index in [0.717, 1.165) is 6.92 Å².